The van der Waals surface area contributed by atoms with Crippen molar-refractivity contribution in [3.8, 4) is 0 Å². The van der Waals surface area contributed by atoms with E-state index in [-0.39, 0.29) is 17.4 Å². The lowest BCUT2D eigenvalue weighted by Crippen LogP contribution is -2.41. The second kappa shape index (κ2) is 8.03. The number of benzene rings is 1. The molecule has 2 aliphatic rings. The summed E-state index contributed by atoms with van der Waals surface area (Å²) in [6, 6.07) is 11.0. The highest BCUT2D eigenvalue weighted by Crippen LogP contribution is 2.43. The molecular formula is C23H26N2O3S. The number of hydrogen-bond acceptors (Lipinski definition) is 5. The first kappa shape index (κ1) is 19.7. The lowest BCUT2D eigenvalue weighted by Gasteiger charge is -2.36. The van der Waals surface area contributed by atoms with Crippen LogP contribution >= 0.6 is 11.3 Å². The lowest BCUT2D eigenvalue weighted by molar-refractivity contribution is -0.132. The molecule has 1 N–H and O–H groups in total. The number of carbonyl (C=O) groups is 2. The van der Waals surface area contributed by atoms with Crippen LogP contribution in [0.25, 0.3) is 0 Å². The van der Waals surface area contributed by atoms with Crippen molar-refractivity contribution in [1.29, 1.82) is 0 Å². The Morgan fingerprint density at radius 2 is 1.79 bits per heavy atom. The number of nitrogens with zero attached hydrogens (tertiary/aromatic N) is 2. The largest absolute Gasteiger partial charge is 0.503 e. The maximum Gasteiger partial charge on any atom is 0.290 e. The van der Waals surface area contributed by atoms with Crippen molar-refractivity contribution < 1.29 is 14.7 Å². The molecule has 1 fully saturated rings. The van der Waals surface area contributed by atoms with Gasteiger partial charge in [-0.3, -0.25) is 9.59 Å². The van der Waals surface area contributed by atoms with Crippen molar-refractivity contribution in [3.05, 3.63) is 63.6 Å². The third kappa shape index (κ3) is 3.57. The van der Waals surface area contributed by atoms with E-state index in [9.17, 15) is 14.7 Å². The minimum absolute atomic E-state index is 0.0468. The van der Waals surface area contributed by atoms with Gasteiger partial charge in [-0.15, -0.1) is 11.3 Å². The van der Waals surface area contributed by atoms with Gasteiger partial charge in [0.1, 0.15) is 0 Å². The van der Waals surface area contributed by atoms with Gasteiger partial charge in [-0.2, -0.15) is 0 Å². The molecule has 1 amide bonds. The van der Waals surface area contributed by atoms with Gasteiger partial charge < -0.3 is 14.9 Å². The van der Waals surface area contributed by atoms with E-state index in [2.05, 4.69) is 0 Å². The van der Waals surface area contributed by atoms with Crippen LogP contribution in [0.3, 0.4) is 0 Å². The van der Waals surface area contributed by atoms with Crippen molar-refractivity contribution in [3.63, 3.8) is 0 Å². The van der Waals surface area contributed by atoms with E-state index >= 15 is 0 Å². The molecule has 1 saturated carbocycles. The number of thiophene rings is 1. The Balaban J connectivity index is 1.78. The Morgan fingerprint density at radius 1 is 1.10 bits per heavy atom. The summed E-state index contributed by atoms with van der Waals surface area (Å²) in [5.41, 5.74) is 2.11. The van der Waals surface area contributed by atoms with Crippen LogP contribution < -0.4 is 4.90 Å². The number of aliphatic hydroxyl groups is 1. The highest BCUT2D eigenvalue weighted by molar-refractivity contribution is 7.12. The molecule has 0 spiro atoms. The van der Waals surface area contributed by atoms with E-state index in [4.69, 9.17) is 0 Å². The normalized spacial score (nSPS) is 20.4. The summed E-state index contributed by atoms with van der Waals surface area (Å²) in [5, 5.41) is 12.6. The van der Waals surface area contributed by atoms with E-state index in [1.165, 1.54) is 17.8 Å². The van der Waals surface area contributed by atoms with Crippen LogP contribution in [0.1, 0.15) is 53.4 Å². The van der Waals surface area contributed by atoms with Gasteiger partial charge in [0.2, 0.25) is 5.78 Å². The molecule has 6 heteroatoms. The maximum atomic E-state index is 13.3. The van der Waals surface area contributed by atoms with Crippen LogP contribution in [-0.2, 0) is 4.79 Å². The number of anilines is 1. The van der Waals surface area contributed by atoms with Crippen LogP contribution in [0.15, 0.2) is 53.1 Å². The Kier molecular flexibility index (Phi) is 5.46. The van der Waals surface area contributed by atoms with Gasteiger partial charge >= 0.3 is 0 Å². The van der Waals surface area contributed by atoms with Crippen molar-refractivity contribution in [2.24, 2.45) is 0 Å². The number of amides is 1. The third-order valence-electron chi connectivity index (χ3n) is 5.93. The maximum absolute atomic E-state index is 13.3. The Morgan fingerprint density at radius 3 is 2.38 bits per heavy atom. The Labute approximate surface area is 175 Å². The molecule has 29 heavy (non-hydrogen) atoms. The van der Waals surface area contributed by atoms with E-state index < -0.39 is 17.7 Å². The van der Waals surface area contributed by atoms with Crippen molar-refractivity contribution in [2.45, 2.75) is 44.2 Å². The average Bonchev–Trinajstić information content (AvgIpc) is 3.36. The topological polar surface area (TPSA) is 60.9 Å². The zero-order valence-electron chi connectivity index (χ0n) is 16.8. The number of carbonyl (C=O) groups excluding carboxylic acids is 2. The average molecular weight is 411 g/mol. The van der Waals surface area contributed by atoms with Gasteiger partial charge in [0.15, 0.2) is 5.76 Å². The summed E-state index contributed by atoms with van der Waals surface area (Å²) in [6.07, 6.45) is 5.12. The summed E-state index contributed by atoms with van der Waals surface area (Å²) < 4.78 is 0. The molecule has 0 radical (unpaired) electrons. The summed E-state index contributed by atoms with van der Waals surface area (Å²) >= 11 is 1.33. The third-order valence-corrected chi connectivity index (χ3v) is 6.80. The molecule has 5 nitrogen and oxygen atoms in total. The Hall–Kier alpha value is -2.60. The molecule has 1 aliphatic carbocycles. The predicted octanol–water partition coefficient (Wildman–Crippen LogP) is 4.73. The van der Waals surface area contributed by atoms with Crippen LogP contribution in [0.4, 0.5) is 5.69 Å². The summed E-state index contributed by atoms with van der Waals surface area (Å²) in [4.78, 5) is 30.7. The molecular weight excluding hydrogens is 384 g/mol. The molecule has 2 heterocycles. The second-order valence-electron chi connectivity index (χ2n) is 7.96. The van der Waals surface area contributed by atoms with Gasteiger partial charge in [0, 0.05) is 25.8 Å². The number of hydrogen-bond donors (Lipinski definition) is 1. The smallest absolute Gasteiger partial charge is 0.290 e. The fraction of sp³-hybridized carbons (Fsp3) is 0.391. The SMILES string of the molecule is CN(C)c1ccc(C2C(C(=O)c3cccs3)=C(O)C(=O)N2C2CCCCC2)cc1. The van der Waals surface area contributed by atoms with Crippen LogP contribution in [0.5, 0.6) is 0 Å². The van der Waals surface area contributed by atoms with Gasteiger partial charge in [0.05, 0.1) is 16.5 Å². The molecule has 152 valence electrons. The molecule has 1 atom stereocenters. The lowest BCUT2D eigenvalue weighted by atomic mass is 9.90. The molecule has 2 aromatic rings. The predicted molar refractivity (Wildman–Crippen MR) is 116 cm³/mol. The fourth-order valence-corrected chi connectivity index (χ4v) is 5.09. The van der Waals surface area contributed by atoms with E-state index in [1.54, 1.807) is 11.0 Å². The summed E-state index contributed by atoms with van der Waals surface area (Å²) in [6.45, 7) is 0. The molecule has 1 aliphatic heterocycles. The number of Topliss-reactive ketones (excluding diaryl/α,β-unsaturated/α-hetero) is 1. The van der Waals surface area contributed by atoms with Crippen molar-refractivity contribution >= 4 is 28.7 Å². The Bertz CT molecular complexity index is 926. The highest BCUT2D eigenvalue weighted by atomic mass is 32.1. The van der Waals surface area contributed by atoms with E-state index in [0.29, 0.717) is 4.88 Å². The fourth-order valence-electron chi connectivity index (χ4n) is 4.41. The standard InChI is InChI=1S/C23H26N2O3S/c1-24(2)16-12-10-15(11-13-16)20-19(21(26)18-9-6-14-29-18)22(27)23(28)25(20)17-7-4-3-5-8-17/h6,9-14,17,20,27H,3-5,7-8H2,1-2H3. The second-order valence-corrected chi connectivity index (χ2v) is 8.91. The van der Waals surface area contributed by atoms with Crippen molar-refractivity contribution in [1.82, 2.24) is 4.90 Å². The molecule has 1 unspecified atom stereocenters. The number of rotatable bonds is 5. The van der Waals surface area contributed by atoms with Gasteiger partial charge in [0.25, 0.3) is 5.91 Å². The first-order chi connectivity index (χ1) is 14.0. The van der Waals surface area contributed by atoms with Crippen LogP contribution in [0.2, 0.25) is 0 Å². The van der Waals surface area contributed by atoms with Crippen LogP contribution in [-0.4, -0.2) is 41.8 Å². The minimum atomic E-state index is -0.545. The zero-order valence-corrected chi connectivity index (χ0v) is 17.6. The van der Waals surface area contributed by atoms with Gasteiger partial charge in [-0.25, -0.2) is 0 Å². The first-order valence-corrected chi connectivity index (χ1v) is 11.0. The molecule has 0 bridgehead atoms. The van der Waals surface area contributed by atoms with Crippen LogP contribution in [0, 0.1) is 0 Å². The van der Waals surface area contributed by atoms with Crippen molar-refractivity contribution in [2.75, 3.05) is 19.0 Å². The zero-order chi connectivity index (χ0) is 20.5. The quantitative estimate of drug-likeness (QED) is 0.724. The monoisotopic (exact) mass is 410 g/mol. The van der Waals surface area contributed by atoms with Gasteiger partial charge in [-0.1, -0.05) is 37.5 Å². The van der Waals surface area contributed by atoms with E-state index in [0.717, 1.165) is 36.9 Å². The minimum Gasteiger partial charge on any atom is -0.503 e. The first-order valence-electron chi connectivity index (χ1n) is 10.1. The molecule has 4 rings (SSSR count). The number of ketones is 1. The summed E-state index contributed by atoms with van der Waals surface area (Å²) in [5.74, 6) is -1.07. The highest BCUT2D eigenvalue weighted by Gasteiger charge is 2.46. The molecule has 1 aromatic heterocycles. The summed E-state index contributed by atoms with van der Waals surface area (Å²) in [7, 11) is 3.94. The molecule has 1 aromatic carbocycles. The molecule has 0 saturated heterocycles. The van der Waals surface area contributed by atoms with Gasteiger partial charge in [-0.05, 0) is 42.0 Å². The number of aliphatic hydroxyl groups excluding tert-OH is 1. The van der Waals surface area contributed by atoms with E-state index in [1.807, 2.05) is 54.7 Å².